The zero-order chi connectivity index (χ0) is 16.2. The number of halogens is 2. The van der Waals surface area contributed by atoms with Gasteiger partial charge in [-0.25, -0.2) is 4.39 Å². The van der Waals surface area contributed by atoms with Crippen LogP contribution in [0, 0.1) is 5.82 Å². The largest absolute Gasteiger partial charge is 0.393 e. The van der Waals surface area contributed by atoms with Crippen molar-refractivity contribution in [1.82, 2.24) is 8.61 Å². The summed E-state index contributed by atoms with van der Waals surface area (Å²) in [4.78, 5) is 0. The quantitative estimate of drug-likeness (QED) is 0.825. The Balaban J connectivity index is 2.84. The number of rotatable bonds is 7. The van der Waals surface area contributed by atoms with Gasteiger partial charge in [-0.2, -0.15) is 17.0 Å². The minimum absolute atomic E-state index is 0.133. The number of aliphatic hydroxyl groups excluding tert-OH is 1. The van der Waals surface area contributed by atoms with E-state index in [0.29, 0.717) is 6.42 Å². The normalized spacial score (nSPS) is 13.9. The van der Waals surface area contributed by atoms with Gasteiger partial charge in [-0.15, -0.1) is 0 Å². The number of aliphatic hydroxyl groups is 1. The van der Waals surface area contributed by atoms with Crippen LogP contribution >= 0.6 is 11.6 Å². The van der Waals surface area contributed by atoms with Crippen molar-refractivity contribution in [3.8, 4) is 0 Å². The molecule has 0 saturated heterocycles. The van der Waals surface area contributed by atoms with Gasteiger partial charge in [-0.05, 0) is 25.5 Å². The molecule has 0 fully saturated rings. The Hall–Kier alpha value is -0.730. The maximum absolute atomic E-state index is 13.7. The first kappa shape index (κ1) is 18.3. The molecule has 0 amide bonds. The van der Waals surface area contributed by atoms with Crippen LogP contribution in [0.2, 0.25) is 5.02 Å². The highest BCUT2D eigenvalue weighted by Crippen LogP contribution is 2.21. The molecule has 1 N–H and O–H groups in total. The molecule has 120 valence electrons. The van der Waals surface area contributed by atoms with Gasteiger partial charge < -0.3 is 5.11 Å². The van der Waals surface area contributed by atoms with Crippen molar-refractivity contribution in [2.75, 3.05) is 20.6 Å². The third-order valence-corrected chi connectivity index (χ3v) is 5.33. The van der Waals surface area contributed by atoms with Crippen LogP contribution < -0.4 is 0 Å². The average Bonchev–Trinajstić information content (AvgIpc) is 2.39. The molecule has 21 heavy (non-hydrogen) atoms. The van der Waals surface area contributed by atoms with E-state index in [-0.39, 0.29) is 23.7 Å². The van der Waals surface area contributed by atoms with E-state index in [2.05, 4.69) is 0 Å². The Labute approximate surface area is 130 Å². The fraction of sp³-hybridized carbons (Fsp3) is 0.538. The van der Waals surface area contributed by atoms with E-state index in [0.717, 1.165) is 8.61 Å². The van der Waals surface area contributed by atoms with Crippen molar-refractivity contribution < 1.29 is 17.9 Å². The lowest BCUT2D eigenvalue weighted by Crippen LogP contribution is -2.40. The van der Waals surface area contributed by atoms with E-state index < -0.39 is 22.1 Å². The van der Waals surface area contributed by atoms with E-state index in [9.17, 15) is 17.9 Å². The Morgan fingerprint density at radius 2 is 1.95 bits per heavy atom. The van der Waals surface area contributed by atoms with Gasteiger partial charge in [0, 0.05) is 37.8 Å². The minimum Gasteiger partial charge on any atom is -0.393 e. The van der Waals surface area contributed by atoms with Gasteiger partial charge in [0.25, 0.3) is 10.2 Å². The van der Waals surface area contributed by atoms with E-state index in [1.165, 1.54) is 32.3 Å². The highest BCUT2D eigenvalue weighted by Gasteiger charge is 2.25. The van der Waals surface area contributed by atoms with Crippen LogP contribution in [0.1, 0.15) is 18.9 Å². The van der Waals surface area contributed by atoms with Gasteiger partial charge in [0.1, 0.15) is 5.82 Å². The molecule has 0 aliphatic carbocycles. The molecule has 0 spiro atoms. The van der Waals surface area contributed by atoms with Crippen LogP contribution in [0.4, 0.5) is 4.39 Å². The zero-order valence-corrected chi connectivity index (χ0v) is 13.8. The number of benzene rings is 1. The molecule has 0 radical (unpaired) electrons. The predicted molar refractivity (Wildman–Crippen MR) is 80.7 cm³/mol. The van der Waals surface area contributed by atoms with Crippen molar-refractivity contribution in [2.45, 2.75) is 26.0 Å². The fourth-order valence-corrected chi connectivity index (χ4v) is 3.04. The first-order chi connectivity index (χ1) is 9.66. The molecule has 0 aliphatic rings. The molecule has 1 rings (SSSR count). The molecule has 0 saturated carbocycles. The monoisotopic (exact) mass is 338 g/mol. The summed E-state index contributed by atoms with van der Waals surface area (Å²) in [7, 11) is -0.964. The Bertz CT molecular complexity index is 561. The van der Waals surface area contributed by atoms with Crippen molar-refractivity contribution in [2.24, 2.45) is 0 Å². The first-order valence-electron chi connectivity index (χ1n) is 6.44. The van der Waals surface area contributed by atoms with Crippen LogP contribution in [0.15, 0.2) is 18.2 Å². The molecule has 0 bridgehead atoms. The van der Waals surface area contributed by atoms with Crippen molar-refractivity contribution in [1.29, 1.82) is 0 Å². The Morgan fingerprint density at radius 3 is 2.48 bits per heavy atom. The Morgan fingerprint density at radius 1 is 1.33 bits per heavy atom. The van der Waals surface area contributed by atoms with Crippen LogP contribution in [-0.4, -0.2) is 48.9 Å². The molecule has 0 aromatic heterocycles. The summed E-state index contributed by atoms with van der Waals surface area (Å²) in [5.41, 5.74) is 0.133. The smallest absolute Gasteiger partial charge is 0.281 e. The molecular weight excluding hydrogens is 319 g/mol. The maximum Gasteiger partial charge on any atom is 0.281 e. The molecule has 1 atom stereocenters. The van der Waals surface area contributed by atoms with Crippen molar-refractivity contribution >= 4 is 21.8 Å². The number of hydrogen-bond donors (Lipinski definition) is 1. The van der Waals surface area contributed by atoms with E-state index >= 15 is 0 Å². The molecule has 1 aromatic rings. The second kappa shape index (κ2) is 7.51. The predicted octanol–water partition coefficient (Wildman–Crippen LogP) is 1.86. The van der Waals surface area contributed by atoms with Gasteiger partial charge in [0.05, 0.1) is 6.10 Å². The van der Waals surface area contributed by atoms with E-state index in [4.69, 9.17) is 11.6 Å². The lowest BCUT2D eigenvalue weighted by atomic mass is 10.2. The summed E-state index contributed by atoms with van der Waals surface area (Å²) in [6.07, 6.45) is -0.265. The fourth-order valence-electron chi connectivity index (χ4n) is 1.71. The summed E-state index contributed by atoms with van der Waals surface area (Å²) in [6, 6.07) is 4.21. The van der Waals surface area contributed by atoms with Gasteiger partial charge >= 0.3 is 0 Å². The van der Waals surface area contributed by atoms with Gasteiger partial charge in [0.2, 0.25) is 0 Å². The van der Waals surface area contributed by atoms with Crippen molar-refractivity contribution in [3.05, 3.63) is 34.6 Å². The number of nitrogens with zero attached hydrogens (tertiary/aromatic N) is 2. The summed E-state index contributed by atoms with van der Waals surface area (Å²) in [6.45, 7) is 1.60. The lowest BCUT2D eigenvalue weighted by Gasteiger charge is -2.25. The van der Waals surface area contributed by atoms with E-state index in [1.54, 1.807) is 6.92 Å². The number of hydrogen-bond acceptors (Lipinski definition) is 3. The zero-order valence-electron chi connectivity index (χ0n) is 12.3. The topological polar surface area (TPSA) is 60.9 Å². The SMILES string of the molecule is CC(O)CCN(C)S(=O)(=O)N(C)Cc1c(F)cccc1Cl. The molecule has 0 heterocycles. The summed E-state index contributed by atoms with van der Waals surface area (Å²) in [5, 5.41) is 9.40. The third kappa shape index (κ3) is 4.89. The molecular formula is C13H20ClFN2O3S. The summed E-state index contributed by atoms with van der Waals surface area (Å²) < 4.78 is 40.4. The highest BCUT2D eigenvalue weighted by molar-refractivity contribution is 7.86. The van der Waals surface area contributed by atoms with Crippen LogP contribution in [0.5, 0.6) is 0 Å². The second-order valence-corrected chi connectivity index (χ2v) is 7.47. The van der Waals surface area contributed by atoms with Crippen molar-refractivity contribution in [3.63, 3.8) is 0 Å². The highest BCUT2D eigenvalue weighted by atomic mass is 35.5. The molecule has 1 aromatic carbocycles. The second-order valence-electron chi connectivity index (χ2n) is 4.92. The van der Waals surface area contributed by atoms with Crippen LogP contribution in [-0.2, 0) is 16.8 Å². The molecule has 5 nitrogen and oxygen atoms in total. The molecule has 1 unspecified atom stereocenters. The third-order valence-electron chi connectivity index (χ3n) is 3.09. The van der Waals surface area contributed by atoms with E-state index in [1.807, 2.05) is 0 Å². The maximum atomic E-state index is 13.7. The van der Waals surface area contributed by atoms with Gasteiger partial charge in [-0.3, -0.25) is 0 Å². The van der Waals surface area contributed by atoms with Crippen LogP contribution in [0.3, 0.4) is 0 Å². The standard InChI is InChI=1S/C13H20ClFN2O3S/c1-10(18)7-8-16(2)21(19,20)17(3)9-11-12(14)5-4-6-13(11)15/h4-6,10,18H,7-9H2,1-3H3. The molecule has 8 heteroatoms. The summed E-state index contributed by atoms with van der Waals surface area (Å²) >= 11 is 5.90. The van der Waals surface area contributed by atoms with Gasteiger partial charge in [0.15, 0.2) is 0 Å². The summed E-state index contributed by atoms with van der Waals surface area (Å²) in [5.74, 6) is -0.545. The molecule has 0 aliphatic heterocycles. The minimum atomic E-state index is -3.74. The van der Waals surface area contributed by atoms with Crippen LogP contribution in [0.25, 0.3) is 0 Å². The Kier molecular flexibility index (Phi) is 6.55. The first-order valence-corrected chi connectivity index (χ1v) is 8.22. The average molecular weight is 339 g/mol. The van der Waals surface area contributed by atoms with Gasteiger partial charge in [-0.1, -0.05) is 17.7 Å². The lowest BCUT2D eigenvalue weighted by molar-refractivity contribution is 0.176.